The van der Waals surface area contributed by atoms with Gasteiger partial charge in [0.25, 0.3) is 0 Å². The molecule has 0 radical (unpaired) electrons. The van der Waals surface area contributed by atoms with Crippen molar-refractivity contribution in [2.75, 3.05) is 13.3 Å². The lowest BCUT2D eigenvalue weighted by atomic mass is 10.1. The fourth-order valence-electron chi connectivity index (χ4n) is 2.35. The van der Waals surface area contributed by atoms with Crippen molar-refractivity contribution in [2.24, 2.45) is 0 Å². The summed E-state index contributed by atoms with van der Waals surface area (Å²) in [4.78, 5) is 2.24. The normalized spacial score (nSPS) is 12.8. The van der Waals surface area contributed by atoms with Gasteiger partial charge in [0.2, 0.25) is 6.79 Å². The molecule has 1 aliphatic rings. The van der Waals surface area contributed by atoms with Gasteiger partial charge < -0.3 is 13.9 Å². The van der Waals surface area contributed by atoms with E-state index in [9.17, 15) is 0 Å². The molecule has 0 amide bonds. The molecule has 0 spiro atoms. The van der Waals surface area contributed by atoms with Gasteiger partial charge in [-0.05, 0) is 18.2 Å². The van der Waals surface area contributed by atoms with Crippen molar-refractivity contribution in [1.29, 1.82) is 0 Å². The van der Waals surface area contributed by atoms with Crippen LogP contribution in [0.4, 0.5) is 0 Å². The molecule has 0 bridgehead atoms. The number of ether oxygens (including phenoxy) is 2. The van der Waals surface area contributed by atoms with E-state index < -0.39 is 0 Å². The van der Waals surface area contributed by atoms with Gasteiger partial charge in [-0.25, -0.2) is 0 Å². The highest BCUT2D eigenvalue weighted by Gasteiger charge is 2.19. The topological polar surface area (TPSA) is 34.8 Å². The molecule has 0 unspecified atom stereocenters. The highest BCUT2D eigenvalue weighted by Crippen LogP contribution is 2.36. The van der Waals surface area contributed by atoms with Crippen molar-refractivity contribution in [1.82, 2.24) is 4.90 Å². The van der Waals surface area contributed by atoms with E-state index in [1.807, 2.05) is 30.3 Å². The van der Waals surface area contributed by atoms with E-state index in [0.29, 0.717) is 6.79 Å². The maximum Gasteiger partial charge on any atom is 0.231 e. The third kappa shape index (κ3) is 2.70. The maximum atomic E-state index is 5.55. The number of hydrogen-bond acceptors (Lipinski definition) is 4. The smallest absolute Gasteiger partial charge is 0.231 e. The van der Waals surface area contributed by atoms with Crippen molar-refractivity contribution in [2.45, 2.75) is 13.1 Å². The minimum atomic E-state index is 0.298. The Morgan fingerprint density at radius 1 is 1.15 bits per heavy atom. The number of para-hydroxylation sites is 1. The molecule has 0 atom stereocenters. The van der Waals surface area contributed by atoms with E-state index in [4.69, 9.17) is 13.9 Å². The van der Waals surface area contributed by atoms with E-state index in [1.54, 1.807) is 6.26 Å². The number of rotatable bonds is 6. The van der Waals surface area contributed by atoms with Crippen LogP contribution in [0.15, 0.2) is 53.7 Å². The van der Waals surface area contributed by atoms with Crippen LogP contribution in [0.25, 0.3) is 0 Å². The van der Waals surface area contributed by atoms with Gasteiger partial charge in [0.15, 0.2) is 11.5 Å². The molecule has 0 saturated carbocycles. The molecule has 104 valence electrons. The Labute approximate surface area is 118 Å². The zero-order chi connectivity index (χ0) is 13.8. The Hall–Kier alpha value is -2.20. The lowest BCUT2D eigenvalue weighted by Crippen LogP contribution is -2.22. The molecule has 4 heteroatoms. The Morgan fingerprint density at radius 2 is 2.10 bits per heavy atom. The van der Waals surface area contributed by atoms with E-state index in [1.165, 1.54) is 0 Å². The number of nitrogens with zero attached hydrogens (tertiary/aromatic N) is 1. The van der Waals surface area contributed by atoms with Crippen LogP contribution in [0.5, 0.6) is 11.5 Å². The SMILES string of the molecule is C=CCN(Cc1ccco1)Cc1cccc2c1OCO2. The molecule has 4 nitrogen and oxygen atoms in total. The fraction of sp³-hybridized carbons (Fsp3) is 0.250. The quantitative estimate of drug-likeness (QED) is 0.756. The Bertz CT molecular complexity index is 577. The predicted octanol–water partition coefficient (Wildman–Crippen LogP) is 3.20. The molecular weight excluding hydrogens is 254 g/mol. The molecule has 1 aliphatic heterocycles. The van der Waals surface area contributed by atoms with Crippen molar-refractivity contribution >= 4 is 0 Å². The third-order valence-corrected chi connectivity index (χ3v) is 3.22. The number of fused-ring (bicyclic) bond motifs is 1. The second kappa shape index (κ2) is 5.84. The van der Waals surface area contributed by atoms with Gasteiger partial charge in [0.1, 0.15) is 5.76 Å². The molecule has 0 N–H and O–H groups in total. The van der Waals surface area contributed by atoms with Gasteiger partial charge in [-0.2, -0.15) is 0 Å². The summed E-state index contributed by atoms with van der Waals surface area (Å²) in [7, 11) is 0. The highest BCUT2D eigenvalue weighted by molar-refractivity contribution is 5.48. The monoisotopic (exact) mass is 271 g/mol. The van der Waals surface area contributed by atoms with Gasteiger partial charge in [0, 0.05) is 18.7 Å². The zero-order valence-electron chi connectivity index (χ0n) is 11.2. The van der Waals surface area contributed by atoms with Crippen LogP contribution in [-0.2, 0) is 13.1 Å². The fourth-order valence-corrected chi connectivity index (χ4v) is 2.35. The van der Waals surface area contributed by atoms with E-state index in [-0.39, 0.29) is 0 Å². The van der Waals surface area contributed by atoms with Crippen LogP contribution in [0.3, 0.4) is 0 Å². The minimum absolute atomic E-state index is 0.298. The van der Waals surface area contributed by atoms with Crippen LogP contribution < -0.4 is 9.47 Å². The molecule has 1 aromatic heterocycles. The molecule has 0 fully saturated rings. The minimum Gasteiger partial charge on any atom is -0.468 e. The van der Waals surface area contributed by atoms with Crippen LogP contribution in [-0.4, -0.2) is 18.2 Å². The van der Waals surface area contributed by atoms with Gasteiger partial charge >= 0.3 is 0 Å². The Balaban J connectivity index is 1.76. The van der Waals surface area contributed by atoms with Crippen molar-refractivity contribution < 1.29 is 13.9 Å². The molecule has 2 aromatic rings. The summed E-state index contributed by atoms with van der Waals surface area (Å²) in [5, 5.41) is 0. The van der Waals surface area contributed by atoms with Gasteiger partial charge in [-0.15, -0.1) is 6.58 Å². The summed E-state index contributed by atoms with van der Waals surface area (Å²) in [6.07, 6.45) is 3.59. The van der Waals surface area contributed by atoms with Gasteiger partial charge in [-0.1, -0.05) is 18.2 Å². The standard InChI is InChI=1S/C16H17NO3/c1-2-8-17(11-14-6-4-9-18-14)10-13-5-3-7-15-16(13)20-12-19-15/h2-7,9H,1,8,10-12H2. The maximum absolute atomic E-state index is 5.55. The lowest BCUT2D eigenvalue weighted by Gasteiger charge is -2.20. The summed E-state index contributed by atoms with van der Waals surface area (Å²) in [5.74, 6) is 2.61. The molecule has 1 aromatic carbocycles. The molecule has 0 saturated heterocycles. The summed E-state index contributed by atoms with van der Waals surface area (Å²) >= 11 is 0. The Morgan fingerprint density at radius 3 is 2.90 bits per heavy atom. The van der Waals surface area contributed by atoms with Crippen molar-refractivity contribution in [3.05, 3.63) is 60.6 Å². The average Bonchev–Trinajstić information content (AvgIpc) is 3.10. The van der Waals surface area contributed by atoms with Crippen molar-refractivity contribution in [3.63, 3.8) is 0 Å². The van der Waals surface area contributed by atoms with E-state index >= 15 is 0 Å². The predicted molar refractivity (Wildman–Crippen MR) is 75.6 cm³/mol. The van der Waals surface area contributed by atoms with Crippen LogP contribution in [0.1, 0.15) is 11.3 Å². The number of hydrogen-bond donors (Lipinski definition) is 0. The zero-order valence-corrected chi connectivity index (χ0v) is 11.2. The van der Waals surface area contributed by atoms with Crippen LogP contribution in [0.2, 0.25) is 0 Å². The first kappa shape index (κ1) is 12.8. The molecule has 0 aliphatic carbocycles. The second-order valence-electron chi connectivity index (χ2n) is 4.69. The largest absolute Gasteiger partial charge is 0.468 e. The summed E-state index contributed by atoms with van der Waals surface area (Å²) < 4.78 is 16.4. The van der Waals surface area contributed by atoms with E-state index in [0.717, 1.165) is 42.5 Å². The number of benzene rings is 1. The van der Waals surface area contributed by atoms with Crippen LogP contribution in [0, 0.1) is 0 Å². The lowest BCUT2D eigenvalue weighted by molar-refractivity contribution is 0.171. The number of furan rings is 1. The Kier molecular flexibility index (Phi) is 3.74. The summed E-state index contributed by atoms with van der Waals surface area (Å²) in [6, 6.07) is 9.85. The second-order valence-corrected chi connectivity index (χ2v) is 4.69. The first-order valence-electron chi connectivity index (χ1n) is 6.60. The first-order valence-corrected chi connectivity index (χ1v) is 6.60. The summed E-state index contributed by atoms with van der Waals surface area (Å²) in [5.41, 5.74) is 1.12. The van der Waals surface area contributed by atoms with Crippen LogP contribution >= 0.6 is 0 Å². The van der Waals surface area contributed by atoms with Gasteiger partial charge in [-0.3, -0.25) is 4.90 Å². The molecular formula is C16H17NO3. The highest BCUT2D eigenvalue weighted by atomic mass is 16.7. The third-order valence-electron chi connectivity index (χ3n) is 3.22. The molecule has 2 heterocycles. The van der Waals surface area contributed by atoms with Crippen molar-refractivity contribution in [3.8, 4) is 11.5 Å². The molecule has 20 heavy (non-hydrogen) atoms. The van der Waals surface area contributed by atoms with E-state index in [2.05, 4.69) is 17.5 Å². The molecule has 3 rings (SSSR count). The average molecular weight is 271 g/mol. The summed E-state index contributed by atoms with van der Waals surface area (Å²) in [6.45, 7) is 6.40. The van der Waals surface area contributed by atoms with Gasteiger partial charge in [0.05, 0.1) is 12.8 Å². The first-order chi connectivity index (χ1) is 9.86.